The van der Waals surface area contributed by atoms with Crippen LogP contribution < -0.4 is 0 Å². The van der Waals surface area contributed by atoms with Crippen molar-refractivity contribution in [3.63, 3.8) is 0 Å². The molecule has 0 unspecified atom stereocenters. The molecule has 0 amide bonds. The van der Waals surface area contributed by atoms with Crippen LogP contribution in [0.4, 0.5) is 0 Å². The number of thiazole rings is 1. The number of rotatable bonds is 3. The van der Waals surface area contributed by atoms with E-state index in [1.807, 2.05) is 24.7 Å². The van der Waals surface area contributed by atoms with E-state index < -0.39 is 0 Å². The first kappa shape index (κ1) is 11.8. The van der Waals surface area contributed by atoms with Crippen LogP contribution in [-0.4, -0.2) is 28.0 Å². The van der Waals surface area contributed by atoms with Gasteiger partial charge in [-0.1, -0.05) is 6.07 Å². The van der Waals surface area contributed by atoms with Crippen molar-refractivity contribution in [2.45, 2.75) is 25.3 Å². The van der Waals surface area contributed by atoms with Crippen LogP contribution in [-0.2, 0) is 6.54 Å². The van der Waals surface area contributed by atoms with Gasteiger partial charge in [0.25, 0.3) is 0 Å². The molecule has 0 aromatic carbocycles. The first-order chi connectivity index (χ1) is 8.92. The first-order valence-electron chi connectivity index (χ1n) is 6.42. The normalized spacial score (nSPS) is 21.0. The van der Waals surface area contributed by atoms with Crippen molar-refractivity contribution in [2.24, 2.45) is 0 Å². The van der Waals surface area contributed by atoms with E-state index in [0.29, 0.717) is 5.92 Å². The number of hydrogen-bond acceptors (Lipinski definition) is 4. The minimum atomic E-state index is 0.621. The summed E-state index contributed by atoms with van der Waals surface area (Å²) in [5.74, 6) is 0.621. The highest BCUT2D eigenvalue weighted by atomic mass is 32.1. The Bertz CT molecular complexity index is 469. The third-order valence-corrected chi connectivity index (χ3v) is 4.37. The molecule has 1 fully saturated rings. The van der Waals surface area contributed by atoms with Crippen LogP contribution in [0.2, 0.25) is 0 Å². The van der Waals surface area contributed by atoms with Crippen LogP contribution in [0, 0.1) is 0 Å². The Labute approximate surface area is 112 Å². The highest BCUT2D eigenvalue weighted by molar-refractivity contribution is 7.09. The second-order valence-corrected chi connectivity index (χ2v) is 5.73. The lowest BCUT2D eigenvalue weighted by Crippen LogP contribution is -2.33. The zero-order valence-electron chi connectivity index (χ0n) is 10.3. The zero-order chi connectivity index (χ0) is 12.2. The Hall–Kier alpha value is -1.26. The van der Waals surface area contributed by atoms with E-state index in [1.54, 1.807) is 11.3 Å². The Kier molecular flexibility index (Phi) is 3.67. The lowest BCUT2D eigenvalue weighted by atomic mass is 9.98. The second kappa shape index (κ2) is 5.59. The molecule has 4 heteroatoms. The Morgan fingerprint density at radius 3 is 3.17 bits per heavy atom. The summed E-state index contributed by atoms with van der Waals surface area (Å²) in [7, 11) is 0. The molecule has 18 heavy (non-hydrogen) atoms. The monoisotopic (exact) mass is 259 g/mol. The van der Waals surface area contributed by atoms with Crippen molar-refractivity contribution in [1.29, 1.82) is 0 Å². The lowest BCUT2D eigenvalue weighted by Gasteiger charge is -2.31. The van der Waals surface area contributed by atoms with Gasteiger partial charge < -0.3 is 0 Å². The van der Waals surface area contributed by atoms with Crippen molar-refractivity contribution in [2.75, 3.05) is 13.1 Å². The molecule has 3 rings (SSSR count). The molecule has 0 spiro atoms. The molecule has 3 heterocycles. The van der Waals surface area contributed by atoms with E-state index >= 15 is 0 Å². The van der Waals surface area contributed by atoms with E-state index in [2.05, 4.69) is 26.3 Å². The van der Waals surface area contributed by atoms with Gasteiger partial charge in [-0.15, -0.1) is 11.3 Å². The summed E-state index contributed by atoms with van der Waals surface area (Å²) in [4.78, 5) is 11.2. The van der Waals surface area contributed by atoms with Gasteiger partial charge >= 0.3 is 0 Å². The van der Waals surface area contributed by atoms with Crippen molar-refractivity contribution < 1.29 is 0 Å². The van der Waals surface area contributed by atoms with Gasteiger partial charge in [0, 0.05) is 43.0 Å². The van der Waals surface area contributed by atoms with Gasteiger partial charge in [-0.25, -0.2) is 4.98 Å². The quantitative estimate of drug-likeness (QED) is 0.848. The van der Waals surface area contributed by atoms with E-state index in [0.717, 1.165) is 13.1 Å². The second-order valence-electron chi connectivity index (χ2n) is 4.81. The Morgan fingerprint density at radius 2 is 2.39 bits per heavy atom. The third-order valence-electron chi connectivity index (χ3n) is 3.44. The highest BCUT2D eigenvalue weighted by Gasteiger charge is 2.22. The van der Waals surface area contributed by atoms with Crippen LogP contribution in [0.3, 0.4) is 0 Å². The van der Waals surface area contributed by atoms with Crippen molar-refractivity contribution in [3.8, 4) is 0 Å². The van der Waals surface area contributed by atoms with Crippen LogP contribution >= 0.6 is 11.3 Å². The van der Waals surface area contributed by atoms with Gasteiger partial charge in [-0.3, -0.25) is 9.88 Å². The molecule has 1 aliphatic rings. The molecule has 0 bridgehead atoms. The fourth-order valence-electron chi connectivity index (χ4n) is 2.59. The largest absolute Gasteiger partial charge is 0.298 e. The van der Waals surface area contributed by atoms with Crippen LogP contribution in [0.1, 0.15) is 29.3 Å². The van der Waals surface area contributed by atoms with Crippen molar-refractivity contribution >= 4 is 11.3 Å². The molecule has 3 nitrogen and oxygen atoms in total. The molecular weight excluding hydrogens is 242 g/mol. The third kappa shape index (κ3) is 2.76. The standard InChI is InChI=1S/C14H17N3S/c1-3-12(9-15-5-1)10-17-7-2-4-13(11-17)14-16-6-8-18-14/h1,3,5-6,8-9,13H,2,4,7,10-11H2/t13-/m1/s1. The molecule has 0 aliphatic carbocycles. The molecule has 94 valence electrons. The minimum Gasteiger partial charge on any atom is -0.298 e. The van der Waals surface area contributed by atoms with Crippen molar-refractivity contribution in [3.05, 3.63) is 46.7 Å². The van der Waals surface area contributed by atoms with Gasteiger partial charge in [-0.2, -0.15) is 0 Å². The fraction of sp³-hybridized carbons (Fsp3) is 0.429. The molecule has 2 aromatic heterocycles. The minimum absolute atomic E-state index is 0.621. The number of hydrogen-bond donors (Lipinski definition) is 0. The summed E-state index contributed by atoms with van der Waals surface area (Å²) in [6, 6.07) is 4.16. The average Bonchev–Trinajstić information content (AvgIpc) is 2.94. The predicted octanol–water partition coefficient (Wildman–Crippen LogP) is 2.92. The van der Waals surface area contributed by atoms with Gasteiger partial charge in [0.2, 0.25) is 0 Å². The number of nitrogens with zero attached hydrogens (tertiary/aromatic N) is 3. The number of pyridine rings is 1. The maximum atomic E-state index is 4.46. The SMILES string of the molecule is c1cncc(CN2CCC[C@@H](c3nccs3)C2)c1. The highest BCUT2D eigenvalue weighted by Crippen LogP contribution is 2.28. The van der Waals surface area contributed by atoms with Crippen molar-refractivity contribution in [1.82, 2.24) is 14.9 Å². The average molecular weight is 259 g/mol. The van der Waals surface area contributed by atoms with Crippen LogP contribution in [0.25, 0.3) is 0 Å². The molecular formula is C14H17N3S. The van der Waals surface area contributed by atoms with Gasteiger partial charge in [0.05, 0.1) is 5.01 Å². The molecule has 2 aromatic rings. The maximum absolute atomic E-state index is 4.46. The maximum Gasteiger partial charge on any atom is 0.0968 e. The number of likely N-dealkylation sites (tertiary alicyclic amines) is 1. The zero-order valence-corrected chi connectivity index (χ0v) is 11.1. The molecule has 0 N–H and O–H groups in total. The summed E-state index contributed by atoms with van der Waals surface area (Å²) >= 11 is 1.79. The fourth-order valence-corrected chi connectivity index (χ4v) is 3.35. The molecule has 1 atom stereocenters. The summed E-state index contributed by atoms with van der Waals surface area (Å²) in [6.45, 7) is 3.33. The lowest BCUT2D eigenvalue weighted by molar-refractivity contribution is 0.200. The Balaban J connectivity index is 1.64. The number of piperidine rings is 1. The molecule has 1 saturated heterocycles. The predicted molar refractivity (Wildman–Crippen MR) is 73.6 cm³/mol. The Morgan fingerprint density at radius 1 is 1.39 bits per heavy atom. The van der Waals surface area contributed by atoms with E-state index in [1.165, 1.54) is 30.0 Å². The van der Waals surface area contributed by atoms with Crippen LogP contribution in [0.5, 0.6) is 0 Å². The topological polar surface area (TPSA) is 29.0 Å². The van der Waals surface area contributed by atoms with Gasteiger partial charge in [0.15, 0.2) is 0 Å². The van der Waals surface area contributed by atoms with E-state index in [9.17, 15) is 0 Å². The molecule has 1 aliphatic heterocycles. The molecule has 0 radical (unpaired) electrons. The number of aromatic nitrogens is 2. The van der Waals surface area contributed by atoms with Crippen LogP contribution in [0.15, 0.2) is 36.1 Å². The van der Waals surface area contributed by atoms with E-state index in [-0.39, 0.29) is 0 Å². The summed E-state index contributed by atoms with van der Waals surface area (Å²) < 4.78 is 0. The summed E-state index contributed by atoms with van der Waals surface area (Å²) in [5.41, 5.74) is 1.30. The van der Waals surface area contributed by atoms with Gasteiger partial charge in [-0.05, 0) is 31.0 Å². The van der Waals surface area contributed by atoms with Gasteiger partial charge in [0.1, 0.15) is 0 Å². The smallest absolute Gasteiger partial charge is 0.0968 e. The first-order valence-corrected chi connectivity index (χ1v) is 7.30. The summed E-state index contributed by atoms with van der Waals surface area (Å²) in [5, 5.41) is 3.38. The molecule has 0 saturated carbocycles. The summed E-state index contributed by atoms with van der Waals surface area (Å²) in [6.07, 6.45) is 8.26. The van der Waals surface area contributed by atoms with E-state index in [4.69, 9.17) is 0 Å².